The van der Waals surface area contributed by atoms with Crippen LogP contribution < -0.4 is 0 Å². The average Bonchev–Trinajstić information content (AvgIpc) is 2.78. The molecule has 6 heteroatoms. The third-order valence-corrected chi connectivity index (χ3v) is 7.59. The van der Waals surface area contributed by atoms with Crippen LogP contribution in [-0.2, 0) is 10.0 Å². The van der Waals surface area contributed by atoms with Crippen molar-refractivity contribution in [3.8, 4) is 0 Å². The minimum atomic E-state index is -3.94. The molecule has 0 N–H and O–H groups in total. The lowest BCUT2D eigenvalue weighted by molar-refractivity contribution is 0.104. The van der Waals surface area contributed by atoms with Crippen LogP contribution in [0, 0.1) is 6.92 Å². The monoisotopic (exact) mass is 461 g/mol. The quantitative estimate of drug-likeness (QED) is 0.456. The lowest BCUT2D eigenvalue weighted by atomic mass is 9.94. The number of aryl methyl sites for hydroxylation is 1. The summed E-state index contributed by atoms with van der Waals surface area (Å²) >= 11 is 1.31. The molecule has 0 aliphatic heterocycles. The van der Waals surface area contributed by atoms with Gasteiger partial charge in [0.1, 0.15) is 0 Å². The van der Waals surface area contributed by atoms with Gasteiger partial charge < -0.3 is 0 Å². The second-order valence-corrected chi connectivity index (χ2v) is 10.7. The summed E-state index contributed by atoms with van der Waals surface area (Å²) in [5.41, 5.74) is 3.42. The maximum atomic E-state index is 13.1. The van der Waals surface area contributed by atoms with Crippen molar-refractivity contribution < 1.29 is 13.2 Å². The van der Waals surface area contributed by atoms with E-state index in [1.807, 2.05) is 43.3 Å². The maximum Gasteiger partial charge on any atom is 0.282 e. The van der Waals surface area contributed by atoms with Crippen LogP contribution in [0.4, 0.5) is 0 Å². The Hall–Kier alpha value is -2.96. The van der Waals surface area contributed by atoms with Crippen molar-refractivity contribution in [3.05, 3.63) is 106 Å². The molecule has 0 amide bonds. The normalized spacial score (nSPS) is 15.1. The number of nitrogens with zero attached hydrogens (tertiary/aromatic N) is 1. The van der Waals surface area contributed by atoms with E-state index in [4.69, 9.17) is 0 Å². The molecular formula is C26H23NO3S2. The van der Waals surface area contributed by atoms with Crippen LogP contribution in [0.1, 0.15) is 46.8 Å². The van der Waals surface area contributed by atoms with Crippen molar-refractivity contribution in [2.75, 3.05) is 0 Å². The molecule has 3 aromatic rings. The number of hydrogen-bond donors (Lipinski definition) is 0. The zero-order chi connectivity index (χ0) is 22.9. The summed E-state index contributed by atoms with van der Waals surface area (Å²) in [7, 11) is -3.94. The largest absolute Gasteiger partial charge is 0.288 e. The summed E-state index contributed by atoms with van der Waals surface area (Å²) in [5, 5.41) is 0. The van der Waals surface area contributed by atoms with Crippen LogP contribution in [0.2, 0.25) is 0 Å². The molecule has 3 aromatic carbocycles. The van der Waals surface area contributed by atoms with Gasteiger partial charge in [-0.2, -0.15) is 12.8 Å². The Labute approximate surface area is 193 Å². The van der Waals surface area contributed by atoms with Crippen LogP contribution in [0.25, 0.3) is 0 Å². The number of hydrogen-bond acceptors (Lipinski definition) is 4. The number of carbonyl (C=O) groups excluding carboxylic acids is 1. The number of thioether (sulfide) groups is 1. The van der Waals surface area contributed by atoms with E-state index in [0.29, 0.717) is 21.9 Å². The van der Waals surface area contributed by atoms with Gasteiger partial charge in [0.25, 0.3) is 10.0 Å². The number of sulfonamides is 1. The first kappa shape index (κ1) is 22.2. The summed E-state index contributed by atoms with van der Waals surface area (Å²) < 4.78 is 30.3. The molecular weight excluding hydrogens is 438 g/mol. The van der Waals surface area contributed by atoms with Gasteiger partial charge in [0.15, 0.2) is 5.78 Å². The van der Waals surface area contributed by atoms with E-state index in [1.165, 1.54) is 11.8 Å². The molecule has 162 valence electrons. The van der Waals surface area contributed by atoms with Crippen molar-refractivity contribution in [2.45, 2.75) is 36.5 Å². The number of benzene rings is 3. The Balaban J connectivity index is 1.77. The highest BCUT2D eigenvalue weighted by Gasteiger charge is 2.26. The Bertz CT molecular complexity index is 1330. The van der Waals surface area contributed by atoms with Crippen molar-refractivity contribution in [3.63, 3.8) is 0 Å². The van der Waals surface area contributed by atoms with Gasteiger partial charge in [-0.05, 0) is 48.7 Å². The lowest BCUT2D eigenvalue weighted by Gasteiger charge is -2.17. The van der Waals surface area contributed by atoms with Crippen molar-refractivity contribution in [1.82, 2.24) is 0 Å². The van der Waals surface area contributed by atoms with Gasteiger partial charge in [-0.1, -0.05) is 79.7 Å². The van der Waals surface area contributed by atoms with Gasteiger partial charge >= 0.3 is 0 Å². The molecule has 0 bridgehead atoms. The first-order chi connectivity index (χ1) is 15.2. The van der Waals surface area contributed by atoms with Crippen LogP contribution in [-0.4, -0.2) is 19.9 Å². The summed E-state index contributed by atoms with van der Waals surface area (Å²) in [6.45, 7) is 6.11. The fourth-order valence-corrected chi connectivity index (χ4v) is 5.29. The standard InChI is InChI=1S/C26H23NO3S2/c1-17(2)19-10-14-21(15-11-19)32(29,30)27-24-16-25(31-20-12-8-18(3)9-13-20)26(28)23-7-5-4-6-22(23)24/h4-17H,1-3H3/b27-24+. The maximum absolute atomic E-state index is 13.1. The van der Waals surface area contributed by atoms with Crippen LogP contribution in [0.5, 0.6) is 0 Å². The van der Waals surface area contributed by atoms with E-state index >= 15 is 0 Å². The third-order valence-electron chi connectivity index (χ3n) is 5.25. The SMILES string of the molecule is Cc1ccc(SC2=C/C(=N\S(=O)(=O)c3ccc(C(C)C)cc3)c3ccccc3C2=O)cc1. The number of ketones is 1. The topological polar surface area (TPSA) is 63.6 Å². The van der Waals surface area contributed by atoms with Gasteiger partial charge in [-0.25, -0.2) is 0 Å². The zero-order valence-corrected chi connectivity index (χ0v) is 19.7. The van der Waals surface area contributed by atoms with E-state index in [0.717, 1.165) is 16.0 Å². The molecule has 0 saturated carbocycles. The molecule has 0 fully saturated rings. The minimum Gasteiger partial charge on any atom is -0.288 e. The first-order valence-corrected chi connectivity index (χ1v) is 12.6. The fourth-order valence-electron chi connectivity index (χ4n) is 3.40. The predicted octanol–water partition coefficient (Wildman–Crippen LogP) is 6.17. The molecule has 0 aromatic heterocycles. The number of allylic oxidation sites excluding steroid dienone is 2. The Kier molecular flexibility index (Phi) is 6.17. The minimum absolute atomic E-state index is 0.130. The van der Waals surface area contributed by atoms with E-state index in [9.17, 15) is 13.2 Å². The van der Waals surface area contributed by atoms with Crippen molar-refractivity contribution in [2.24, 2.45) is 4.40 Å². The zero-order valence-electron chi connectivity index (χ0n) is 18.1. The van der Waals surface area contributed by atoms with Gasteiger partial charge in [0.2, 0.25) is 0 Å². The Morgan fingerprint density at radius 3 is 2.09 bits per heavy atom. The number of rotatable bonds is 5. The molecule has 4 nitrogen and oxygen atoms in total. The van der Waals surface area contributed by atoms with Crippen molar-refractivity contribution >= 4 is 33.3 Å². The average molecular weight is 462 g/mol. The summed E-state index contributed by atoms with van der Waals surface area (Å²) in [4.78, 5) is 14.6. The number of carbonyl (C=O) groups is 1. The highest BCUT2D eigenvalue weighted by Crippen LogP contribution is 2.34. The van der Waals surface area contributed by atoms with Crippen LogP contribution >= 0.6 is 11.8 Å². The summed E-state index contributed by atoms with van der Waals surface area (Å²) in [6, 6.07) is 21.6. The molecule has 1 aliphatic carbocycles. The molecule has 0 radical (unpaired) electrons. The number of Topliss-reactive ketones (excluding diaryl/α,β-unsaturated/α-hetero) is 1. The third kappa shape index (κ3) is 4.61. The molecule has 32 heavy (non-hydrogen) atoms. The molecule has 4 rings (SSSR count). The predicted molar refractivity (Wildman–Crippen MR) is 130 cm³/mol. The highest BCUT2D eigenvalue weighted by atomic mass is 32.2. The Morgan fingerprint density at radius 2 is 1.47 bits per heavy atom. The second-order valence-electron chi connectivity index (χ2n) is 7.97. The van der Waals surface area contributed by atoms with Gasteiger partial charge in [-0.3, -0.25) is 4.79 Å². The highest BCUT2D eigenvalue weighted by molar-refractivity contribution is 8.04. The molecule has 0 saturated heterocycles. The van der Waals surface area contributed by atoms with Crippen molar-refractivity contribution in [1.29, 1.82) is 0 Å². The van der Waals surface area contributed by atoms with E-state index in [-0.39, 0.29) is 16.4 Å². The van der Waals surface area contributed by atoms with Gasteiger partial charge in [0, 0.05) is 16.0 Å². The van der Waals surface area contributed by atoms with Crippen LogP contribution in [0.3, 0.4) is 0 Å². The summed E-state index contributed by atoms with van der Waals surface area (Å²) in [6.07, 6.45) is 1.58. The molecule has 0 heterocycles. The van der Waals surface area contributed by atoms with Gasteiger partial charge in [-0.15, -0.1) is 0 Å². The second kappa shape index (κ2) is 8.88. The van der Waals surface area contributed by atoms with Gasteiger partial charge in [0.05, 0.1) is 15.5 Å². The molecule has 1 aliphatic rings. The van der Waals surface area contributed by atoms with E-state index in [1.54, 1.807) is 42.5 Å². The number of fused-ring (bicyclic) bond motifs is 1. The molecule has 0 atom stereocenters. The Morgan fingerprint density at radius 1 is 0.844 bits per heavy atom. The van der Waals surface area contributed by atoms with E-state index < -0.39 is 10.0 Å². The summed E-state index contributed by atoms with van der Waals surface area (Å²) in [5.74, 6) is 0.169. The lowest BCUT2D eigenvalue weighted by Crippen LogP contribution is -2.17. The van der Waals surface area contributed by atoms with E-state index in [2.05, 4.69) is 18.2 Å². The smallest absolute Gasteiger partial charge is 0.282 e. The molecule has 0 spiro atoms. The van der Waals surface area contributed by atoms with Crippen LogP contribution in [0.15, 0.2) is 98.0 Å². The molecule has 0 unspecified atom stereocenters. The first-order valence-electron chi connectivity index (χ1n) is 10.3. The fraction of sp³-hybridized carbons (Fsp3) is 0.154.